The molecule has 1 aliphatic heterocycles. The van der Waals surface area contributed by atoms with Crippen LogP contribution < -0.4 is 9.47 Å². The van der Waals surface area contributed by atoms with Crippen molar-refractivity contribution in [1.82, 2.24) is 4.90 Å². The lowest BCUT2D eigenvalue weighted by Crippen LogP contribution is -2.46. The van der Waals surface area contributed by atoms with E-state index in [9.17, 15) is 9.90 Å². The number of carboxylic acid groups (broad SMARTS) is 1. The molecule has 2 atom stereocenters. The molecule has 5 nitrogen and oxygen atoms in total. The number of nitrogens with zero attached hydrogens (tertiary/aromatic N) is 1. The van der Waals surface area contributed by atoms with E-state index in [0.29, 0.717) is 41.1 Å². The Kier molecular flexibility index (Phi) is 7.28. The summed E-state index contributed by atoms with van der Waals surface area (Å²) in [5, 5.41) is 10.9. The normalized spacial score (nSPS) is 18.3. The molecule has 2 aromatic rings. The Labute approximate surface area is 181 Å². The van der Waals surface area contributed by atoms with Gasteiger partial charge in [0.05, 0.1) is 19.8 Å². The van der Waals surface area contributed by atoms with Gasteiger partial charge in [0.2, 0.25) is 0 Å². The summed E-state index contributed by atoms with van der Waals surface area (Å²) >= 11 is 12.7. The zero-order valence-electron chi connectivity index (χ0n) is 16.5. The summed E-state index contributed by atoms with van der Waals surface area (Å²) in [6, 6.07) is 10.1. The van der Waals surface area contributed by atoms with E-state index in [4.69, 9.17) is 32.7 Å². The lowest BCUT2D eigenvalue weighted by molar-refractivity contribution is -0.145. The summed E-state index contributed by atoms with van der Waals surface area (Å²) in [6.07, 6.45) is 2.42. The second kappa shape index (κ2) is 9.70. The number of methoxy groups -OCH3 is 1. The molecule has 7 heteroatoms. The number of carbonyl (C=O) groups is 1. The van der Waals surface area contributed by atoms with E-state index in [1.165, 1.54) is 0 Å². The molecule has 0 spiro atoms. The third-order valence-corrected chi connectivity index (χ3v) is 5.78. The Hall–Kier alpha value is -1.95. The van der Waals surface area contributed by atoms with Crippen LogP contribution in [0.4, 0.5) is 0 Å². The minimum atomic E-state index is -0.821. The predicted molar refractivity (Wildman–Crippen MR) is 114 cm³/mol. The van der Waals surface area contributed by atoms with Crippen molar-refractivity contribution < 1.29 is 19.4 Å². The van der Waals surface area contributed by atoms with Gasteiger partial charge in [0.15, 0.2) is 11.5 Å². The molecule has 0 amide bonds. The van der Waals surface area contributed by atoms with Crippen molar-refractivity contribution in [3.8, 4) is 11.5 Å². The number of hydrogen-bond acceptors (Lipinski definition) is 4. The maximum atomic E-state index is 12.0. The number of halogens is 2. The molecular weight excluding hydrogens is 413 g/mol. The van der Waals surface area contributed by atoms with Crippen LogP contribution >= 0.6 is 23.2 Å². The van der Waals surface area contributed by atoms with Gasteiger partial charge in [-0.15, -0.1) is 0 Å². The third kappa shape index (κ3) is 4.80. The first kappa shape index (κ1) is 21.8. The molecule has 1 aliphatic rings. The number of rotatable bonds is 7. The minimum Gasteiger partial charge on any atom is -0.493 e. The summed E-state index contributed by atoms with van der Waals surface area (Å²) in [5.74, 6) is 0.426. The Morgan fingerprint density at radius 3 is 2.66 bits per heavy atom. The molecule has 2 unspecified atom stereocenters. The van der Waals surface area contributed by atoms with Gasteiger partial charge in [0.1, 0.15) is 6.04 Å². The number of hydrogen-bond donors (Lipinski definition) is 1. The van der Waals surface area contributed by atoms with Gasteiger partial charge in [-0.1, -0.05) is 41.8 Å². The van der Waals surface area contributed by atoms with E-state index in [2.05, 4.69) is 0 Å². The van der Waals surface area contributed by atoms with Gasteiger partial charge in [0, 0.05) is 10.0 Å². The van der Waals surface area contributed by atoms with E-state index in [1.807, 2.05) is 36.1 Å². The Bertz CT molecular complexity index is 874. The number of ether oxygens (including phenoxy) is 2. The fraction of sp³-hybridized carbons (Fsp3) is 0.409. The highest BCUT2D eigenvalue weighted by Gasteiger charge is 2.36. The van der Waals surface area contributed by atoms with Crippen LogP contribution in [0.3, 0.4) is 0 Å². The van der Waals surface area contributed by atoms with E-state index in [-0.39, 0.29) is 6.04 Å². The van der Waals surface area contributed by atoms with E-state index >= 15 is 0 Å². The van der Waals surface area contributed by atoms with Gasteiger partial charge in [-0.2, -0.15) is 0 Å². The first-order valence-corrected chi connectivity index (χ1v) is 10.5. The van der Waals surface area contributed by atoms with Gasteiger partial charge in [-0.3, -0.25) is 9.69 Å². The van der Waals surface area contributed by atoms with E-state index in [0.717, 1.165) is 24.0 Å². The lowest BCUT2D eigenvalue weighted by Gasteiger charge is -2.40. The molecule has 0 aliphatic carbocycles. The molecule has 0 bridgehead atoms. The SMILES string of the molecule is CCOc1cc(C(c2ccc(Cl)cc2Cl)N2CCCCC2C(=O)O)ccc1OC. The van der Waals surface area contributed by atoms with Crippen LogP contribution in [0.1, 0.15) is 43.4 Å². The summed E-state index contributed by atoms with van der Waals surface area (Å²) in [4.78, 5) is 14.0. The molecule has 0 radical (unpaired) electrons. The summed E-state index contributed by atoms with van der Waals surface area (Å²) in [6.45, 7) is 3.06. The zero-order valence-corrected chi connectivity index (χ0v) is 18.0. The first-order valence-electron chi connectivity index (χ1n) is 9.70. The van der Waals surface area contributed by atoms with Crippen LogP contribution in [-0.4, -0.2) is 42.3 Å². The maximum Gasteiger partial charge on any atom is 0.320 e. The number of benzene rings is 2. The largest absolute Gasteiger partial charge is 0.493 e. The molecule has 156 valence electrons. The van der Waals surface area contributed by atoms with Crippen molar-refractivity contribution in [2.45, 2.75) is 38.3 Å². The number of aliphatic carboxylic acids is 1. The predicted octanol–water partition coefficient (Wildman–Crippen LogP) is 5.43. The summed E-state index contributed by atoms with van der Waals surface area (Å²) in [7, 11) is 1.59. The summed E-state index contributed by atoms with van der Waals surface area (Å²) in [5.41, 5.74) is 1.71. The quantitative estimate of drug-likeness (QED) is 0.625. The molecule has 2 aromatic carbocycles. The Morgan fingerprint density at radius 2 is 2.00 bits per heavy atom. The molecular formula is C22H25Cl2NO4. The average Bonchev–Trinajstić information content (AvgIpc) is 2.70. The van der Waals surface area contributed by atoms with Gasteiger partial charge in [-0.05, 0) is 61.7 Å². The number of piperidine rings is 1. The molecule has 3 rings (SSSR count). The van der Waals surface area contributed by atoms with Crippen LogP contribution in [0.25, 0.3) is 0 Å². The van der Waals surface area contributed by atoms with Gasteiger partial charge in [0.25, 0.3) is 0 Å². The highest BCUT2D eigenvalue weighted by molar-refractivity contribution is 6.35. The minimum absolute atomic E-state index is 0.341. The Morgan fingerprint density at radius 1 is 1.21 bits per heavy atom. The standard InChI is InChI=1S/C22H25Cl2NO4/c1-3-29-20-12-14(7-10-19(20)28-2)21(16-9-8-15(23)13-17(16)24)25-11-5-4-6-18(25)22(26)27/h7-10,12-13,18,21H,3-6,11H2,1-2H3,(H,26,27). The van der Waals surface area contributed by atoms with Crippen molar-refractivity contribution >= 4 is 29.2 Å². The van der Waals surface area contributed by atoms with Crippen molar-refractivity contribution in [2.24, 2.45) is 0 Å². The molecule has 1 N–H and O–H groups in total. The van der Waals surface area contributed by atoms with Crippen LogP contribution in [0.5, 0.6) is 11.5 Å². The van der Waals surface area contributed by atoms with Crippen molar-refractivity contribution in [3.63, 3.8) is 0 Å². The maximum absolute atomic E-state index is 12.0. The monoisotopic (exact) mass is 437 g/mol. The molecule has 0 aromatic heterocycles. The molecule has 1 saturated heterocycles. The second-order valence-electron chi connectivity index (χ2n) is 7.00. The fourth-order valence-electron chi connectivity index (χ4n) is 3.93. The van der Waals surface area contributed by atoms with Crippen molar-refractivity contribution in [1.29, 1.82) is 0 Å². The van der Waals surface area contributed by atoms with Crippen molar-refractivity contribution in [3.05, 3.63) is 57.6 Å². The van der Waals surface area contributed by atoms with Gasteiger partial charge in [-0.25, -0.2) is 0 Å². The van der Waals surface area contributed by atoms with Gasteiger partial charge >= 0.3 is 5.97 Å². The summed E-state index contributed by atoms with van der Waals surface area (Å²) < 4.78 is 11.2. The average molecular weight is 438 g/mol. The molecule has 1 heterocycles. The van der Waals surface area contributed by atoms with E-state index < -0.39 is 12.0 Å². The lowest BCUT2D eigenvalue weighted by atomic mass is 9.91. The fourth-order valence-corrected chi connectivity index (χ4v) is 4.44. The van der Waals surface area contributed by atoms with Crippen LogP contribution in [0.15, 0.2) is 36.4 Å². The van der Waals surface area contributed by atoms with Crippen LogP contribution in [0, 0.1) is 0 Å². The highest BCUT2D eigenvalue weighted by Crippen LogP contribution is 2.41. The van der Waals surface area contributed by atoms with Crippen LogP contribution in [-0.2, 0) is 4.79 Å². The molecule has 0 saturated carbocycles. The van der Waals surface area contributed by atoms with Crippen molar-refractivity contribution in [2.75, 3.05) is 20.3 Å². The zero-order chi connectivity index (χ0) is 21.0. The van der Waals surface area contributed by atoms with E-state index in [1.54, 1.807) is 19.2 Å². The van der Waals surface area contributed by atoms with Gasteiger partial charge < -0.3 is 14.6 Å². The topological polar surface area (TPSA) is 59.0 Å². The first-order chi connectivity index (χ1) is 14.0. The number of carboxylic acids is 1. The highest BCUT2D eigenvalue weighted by atomic mass is 35.5. The van der Waals surface area contributed by atoms with Crippen LogP contribution in [0.2, 0.25) is 10.0 Å². The second-order valence-corrected chi connectivity index (χ2v) is 7.84. The third-order valence-electron chi connectivity index (χ3n) is 5.22. The Balaban J connectivity index is 2.15. The molecule has 1 fully saturated rings. The molecule has 29 heavy (non-hydrogen) atoms. The smallest absolute Gasteiger partial charge is 0.320 e. The number of likely N-dealkylation sites (tertiary alicyclic amines) is 1.